The Balaban J connectivity index is 1.57. The average molecular weight is 237 g/mol. The largest absolute Gasteiger partial charge is 0.376 e. The fourth-order valence-corrected chi connectivity index (χ4v) is 4.36. The van der Waals surface area contributed by atoms with Crippen molar-refractivity contribution in [1.29, 1.82) is 0 Å². The standard InChI is InChI=1S/C15H27NO/c1-12-11-16(8-9-17-12)15-7-6-13-4-2-3-5-14(13)10-15/h12-15H,2-11H2,1H3. The van der Waals surface area contributed by atoms with Crippen LogP contribution in [0.3, 0.4) is 0 Å². The van der Waals surface area contributed by atoms with E-state index in [1.165, 1.54) is 58.0 Å². The molecule has 3 rings (SSSR count). The van der Waals surface area contributed by atoms with Crippen LogP contribution in [-0.2, 0) is 4.74 Å². The van der Waals surface area contributed by atoms with E-state index in [2.05, 4.69) is 11.8 Å². The highest BCUT2D eigenvalue weighted by molar-refractivity contribution is 4.88. The van der Waals surface area contributed by atoms with Crippen molar-refractivity contribution in [2.24, 2.45) is 11.8 Å². The molecule has 2 saturated carbocycles. The molecule has 3 fully saturated rings. The van der Waals surface area contributed by atoms with Gasteiger partial charge in [0.1, 0.15) is 0 Å². The normalized spacial score (nSPS) is 44.3. The Morgan fingerprint density at radius 3 is 2.65 bits per heavy atom. The highest BCUT2D eigenvalue weighted by Crippen LogP contribution is 2.41. The topological polar surface area (TPSA) is 12.5 Å². The van der Waals surface area contributed by atoms with Crippen molar-refractivity contribution in [3.05, 3.63) is 0 Å². The van der Waals surface area contributed by atoms with Gasteiger partial charge in [0.25, 0.3) is 0 Å². The molecule has 98 valence electrons. The van der Waals surface area contributed by atoms with Gasteiger partial charge in [0.05, 0.1) is 12.7 Å². The van der Waals surface area contributed by atoms with Crippen LogP contribution in [0, 0.1) is 11.8 Å². The van der Waals surface area contributed by atoms with Crippen LogP contribution < -0.4 is 0 Å². The fourth-order valence-electron chi connectivity index (χ4n) is 4.36. The van der Waals surface area contributed by atoms with Crippen LogP contribution in [0.4, 0.5) is 0 Å². The molecule has 2 heteroatoms. The minimum Gasteiger partial charge on any atom is -0.376 e. The lowest BCUT2D eigenvalue weighted by molar-refractivity contribution is -0.0489. The predicted octanol–water partition coefficient (Wildman–Crippen LogP) is 3.07. The monoisotopic (exact) mass is 237 g/mol. The number of fused-ring (bicyclic) bond motifs is 1. The van der Waals surface area contributed by atoms with Gasteiger partial charge in [-0.3, -0.25) is 4.90 Å². The van der Waals surface area contributed by atoms with E-state index >= 15 is 0 Å². The zero-order chi connectivity index (χ0) is 11.7. The molecule has 2 aliphatic carbocycles. The van der Waals surface area contributed by atoms with Crippen LogP contribution in [0.5, 0.6) is 0 Å². The maximum absolute atomic E-state index is 5.66. The molecule has 4 unspecified atom stereocenters. The van der Waals surface area contributed by atoms with Crippen molar-refractivity contribution in [2.75, 3.05) is 19.7 Å². The molecule has 0 aromatic heterocycles. The first-order valence-corrected chi connectivity index (χ1v) is 7.68. The maximum Gasteiger partial charge on any atom is 0.0674 e. The van der Waals surface area contributed by atoms with E-state index in [1.54, 1.807) is 0 Å². The Morgan fingerprint density at radius 1 is 1.00 bits per heavy atom. The van der Waals surface area contributed by atoms with Gasteiger partial charge in [-0.1, -0.05) is 25.7 Å². The van der Waals surface area contributed by atoms with Crippen LogP contribution in [0.15, 0.2) is 0 Å². The summed E-state index contributed by atoms with van der Waals surface area (Å²) in [5.41, 5.74) is 0. The van der Waals surface area contributed by atoms with E-state index in [4.69, 9.17) is 4.74 Å². The molecule has 0 radical (unpaired) electrons. The maximum atomic E-state index is 5.66. The van der Waals surface area contributed by atoms with Crippen LogP contribution >= 0.6 is 0 Å². The van der Waals surface area contributed by atoms with E-state index in [0.717, 1.165) is 24.5 Å². The van der Waals surface area contributed by atoms with E-state index in [1.807, 2.05) is 0 Å². The minimum absolute atomic E-state index is 0.452. The summed E-state index contributed by atoms with van der Waals surface area (Å²) in [6.07, 6.45) is 10.9. The van der Waals surface area contributed by atoms with E-state index in [-0.39, 0.29) is 0 Å². The van der Waals surface area contributed by atoms with Crippen molar-refractivity contribution in [3.8, 4) is 0 Å². The molecule has 0 spiro atoms. The summed E-state index contributed by atoms with van der Waals surface area (Å²) in [5, 5.41) is 0. The van der Waals surface area contributed by atoms with E-state index in [9.17, 15) is 0 Å². The number of hydrogen-bond acceptors (Lipinski definition) is 2. The van der Waals surface area contributed by atoms with Crippen molar-refractivity contribution in [2.45, 2.75) is 64.0 Å². The molecule has 2 nitrogen and oxygen atoms in total. The van der Waals surface area contributed by atoms with Crippen molar-refractivity contribution >= 4 is 0 Å². The number of nitrogens with zero attached hydrogens (tertiary/aromatic N) is 1. The molecule has 1 aliphatic heterocycles. The van der Waals surface area contributed by atoms with Crippen LogP contribution in [0.25, 0.3) is 0 Å². The van der Waals surface area contributed by atoms with Gasteiger partial charge in [0.15, 0.2) is 0 Å². The summed E-state index contributed by atoms with van der Waals surface area (Å²) in [7, 11) is 0. The Bertz CT molecular complexity index is 255. The molecule has 17 heavy (non-hydrogen) atoms. The number of morpholine rings is 1. The first kappa shape index (κ1) is 12.0. The van der Waals surface area contributed by atoms with Crippen molar-refractivity contribution < 1.29 is 4.74 Å². The second-order valence-corrected chi connectivity index (χ2v) is 6.45. The highest BCUT2D eigenvalue weighted by Gasteiger charge is 2.35. The molecular formula is C15H27NO. The summed E-state index contributed by atoms with van der Waals surface area (Å²) in [5.74, 6) is 2.14. The minimum atomic E-state index is 0.452. The Hall–Kier alpha value is -0.0800. The Labute approximate surface area is 106 Å². The number of ether oxygens (including phenoxy) is 1. The molecule has 0 bridgehead atoms. The number of rotatable bonds is 1. The summed E-state index contributed by atoms with van der Waals surface area (Å²) in [6.45, 7) is 5.51. The second kappa shape index (κ2) is 5.27. The average Bonchev–Trinajstić information content (AvgIpc) is 2.38. The van der Waals surface area contributed by atoms with Gasteiger partial charge in [-0.25, -0.2) is 0 Å². The third-order valence-corrected chi connectivity index (χ3v) is 5.30. The highest BCUT2D eigenvalue weighted by atomic mass is 16.5. The fraction of sp³-hybridized carbons (Fsp3) is 1.00. The van der Waals surface area contributed by atoms with Gasteiger partial charge in [-0.05, 0) is 38.0 Å². The quantitative estimate of drug-likeness (QED) is 0.695. The van der Waals surface area contributed by atoms with Crippen molar-refractivity contribution in [1.82, 2.24) is 4.90 Å². The van der Waals surface area contributed by atoms with Gasteiger partial charge in [0, 0.05) is 19.1 Å². The second-order valence-electron chi connectivity index (χ2n) is 6.45. The SMILES string of the molecule is CC1CN(C2CCC3CCCCC3C2)CCO1. The van der Waals surface area contributed by atoms with Crippen LogP contribution in [-0.4, -0.2) is 36.7 Å². The molecule has 0 aromatic rings. The van der Waals surface area contributed by atoms with Crippen LogP contribution in [0.1, 0.15) is 51.9 Å². The lowest BCUT2D eigenvalue weighted by atomic mass is 9.69. The van der Waals surface area contributed by atoms with Gasteiger partial charge in [0.2, 0.25) is 0 Å². The Morgan fingerprint density at radius 2 is 1.82 bits per heavy atom. The molecule has 0 amide bonds. The third kappa shape index (κ3) is 2.68. The van der Waals surface area contributed by atoms with Gasteiger partial charge < -0.3 is 4.74 Å². The van der Waals surface area contributed by atoms with Crippen LogP contribution in [0.2, 0.25) is 0 Å². The molecule has 4 atom stereocenters. The first-order chi connectivity index (χ1) is 8.33. The zero-order valence-electron chi connectivity index (χ0n) is 11.2. The Kier molecular flexibility index (Phi) is 3.72. The lowest BCUT2D eigenvalue weighted by Crippen LogP contribution is -2.49. The predicted molar refractivity (Wildman–Crippen MR) is 70.1 cm³/mol. The first-order valence-electron chi connectivity index (χ1n) is 7.68. The molecule has 3 aliphatic rings. The summed E-state index contributed by atoms with van der Waals surface area (Å²) < 4.78 is 5.66. The molecule has 1 heterocycles. The van der Waals surface area contributed by atoms with E-state index < -0.39 is 0 Å². The molecule has 0 aromatic carbocycles. The smallest absolute Gasteiger partial charge is 0.0674 e. The van der Waals surface area contributed by atoms with E-state index in [0.29, 0.717) is 6.10 Å². The summed E-state index contributed by atoms with van der Waals surface area (Å²) in [4.78, 5) is 2.72. The number of hydrogen-bond donors (Lipinski definition) is 0. The zero-order valence-corrected chi connectivity index (χ0v) is 11.2. The van der Waals surface area contributed by atoms with Gasteiger partial charge in [-0.15, -0.1) is 0 Å². The van der Waals surface area contributed by atoms with Gasteiger partial charge >= 0.3 is 0 Å². The summed E-state index contributed by atoms with van der Waals surface area (Å²) in [6, 6.07) is 0.876. The van der Waals surface area contributed by atoms with Crippen molar-refractivity contribution in [3.63, 3.8) is 0 Å². The third-order valence-electron chi connectivity index (χ3n) is 5.30. The lowest BCUT2D eigenvalue weighted by Gasteiger charge is -2.45. The van der Waals surface area contributed by atoms with Gasteiger partial charge in [-0.2, -0.15) is 0 Å². The molecule has 0 N–H and O–H groups in total. The molecular weight excluding hydrogens is 210 g/mol. The summed E-state index contributed by atoms with van der Waals surface area (Å²) >= 11 is 0. The molecule has 1 saturated heterocycles.